The van der Waals surface area contributed by atoms with Crippen LogP contribution in [0.4, 0.5) is 0 Å². The second kappa shape index (κ2) is 8.12. The SMILES string of the molecule is CCCNCc1ccc(OCCCS(C)(=O)=O)cn1. The summed E-state index contributed by atoms with van der Waals surface area (Å²) in [4.78, 5) is 4.27. The van der Waals surface area contributed by atoms with Crippen LogP contribution >= 0.6 is 0 Å². The van der Waals surface area contributed by atoms with Crippen molar-refractivity contribution >= 4 is 9.84 Å². The number of aromatic nitrogens is 1. The minimum absolute atomic E-state index is 0.152. The summed E-state index contributed by atoms with van der Waals surface area (Å²) in [5.74, 6) is 0.826. The summed E-state index contributed by atoms with van der Waals surface area (Å²) in [6.07, 6.45) is 4.50. The molecular weight excluding hydrogens is 264 g/mol. The summed E-state index contributed by atoms with van der Waals surface area (Å²) in [5.41, 5.74) is 0.969. The second-order valence-electron chi connectivity index (χ2n) is 4.49. The van der Waals surface area contributed by atoms with Crippen molar-refractivity contribution in [2.45, 2.75) is 26.3 Å². The average Bonchev–Trinajstić information content (AvgIpc) is 2.36. The topological polar surface area (TPSA) is 68.3 Å². The summed E-state index contributed by atoms with van der Waals surface area (Å²) in [5, 5.41) is 3.27. The molecule has 0 saturated carbocycles. The van der Waals surface area contributed by atoms with E-state index in [-0.39, 0.29) is 5.75 Å². The van der Waals surface area contributed by atoms with E-state index >= 15 is 0 Å². The molecule has 0 spiro atoms. The van der Waals surface area contributed by atoms with E-state index in [1.165, 1.54) is 6.26 Å². The number of hydrogen-bond acceptors (Lipinski definition) is 5. The molecule has 1 N–H and O–H groups in total. The fourth-order valence-electron chi connectivity index (χ4n) is 1.51. The zero-order valence-electron chi connectivity index (χ0n) is 11.6. The molecule has 1 rings (SSSR count). The number of nitrogens with one attached hydrogen (secondary N) is 1. The fourth-order valence-corrected chi connectivity index (χ4v) is 2.15. The Bertz CT molecular complexity index is 457. The first kappa shape index (κ1) is 15.9. The van der Waals surface area contributed by atoms with Gasteiger partial charge < -0.3 is 10.1 Å². The maximum absolute atomic E-state index is 10.9. The lowest BCUT2D eigenvalue weighted by molar-refractivity contribution is 0.316. The summed E-state index contributed by atoms with van der Waals surface area (Å²) in [6.45, 7) is 4.24. The molecule has 0 fully saturated rings. The van der Waals surface area contributed by atoms with Gasteiger partial charge in [0, 0.05) is 12.8 Å². The molecule has 6 heteroatoms. The Morgan fingerprint density at radius 3 is 2.74 bits per heavy atom. The largest absolute Gasteiger partial charge is 0.492 e. The first-order valence-corrected chi connectivity index (χ1v) is 8.53. The molecule has 0 aliphatic heterocycles. The third-order valence-corrected chi connectivity index (χ3v) is 3.49. The molecule has 1 heterocycles. The number of rotatable bonds is 9. The lowest BCUT2D eigenvalue weighted by Crippen LogP contribution is -2.14. The van der Waals surface area contributed by atoms with E-state index < -0.39 is 9.84 Å². The van der Waals surface area contributed by atoms with Crippen molar-refractivity contribution in [2.75, 3.05) is 25.2 Å². The molecule has 0 bridgehead atoms. The smallest absolute Gasteiger partial charge is 0.147 e. The van der Waals surface area contributed by atoms with Gasteiger partial charge in [-0.2, -0.15) is 0 Å². The van der Waals surface area contributed by atoms with Gasteiger partial charge in [-0.1, -0.05) is 6.92 Å². The third kappa shape index (κ3) is 7.79. The van der Waals surface area contributed by atoms with Crippen LogP contribution in [0.5, 0.6) is 5.75 Å². The van der Waals surface area contributed by atoms with E-state index in [9.17, 15) is 8.42 Å². The van der Waals surface area contributed by atoms with Gasteiger partial charge in [-0.25, -0.2) is 8.42 Å². The maximum Gasteiger partial charge on any atom is 0.147 e. The highest BCUT2D eigenvalue weighted by Crippen LogP contribution is 2.09. The molecule has 1 aromatic rings. The van der Waals surface area contributed by atoms with Crippen LogP contribution in [0, 0.1) is 0 Å². The number of pyridine rings is 1. The van der Waals surface area contributed by atoms with Gasteiger partial charge in [0.05, 0.1) is 24.3 Å². The molecule has 0 aromatic carbocycles. The molecule has 0 radical (unpaired) electrons. The molecule has 1 aromatic heterocycles. The average molecular weight is 286 g/mol. The van der Waals surface area contributed by atoms with Crippen molar-refractivity contribution in [1.82, 2.24) is 10.3 Å². The normalized spacial score (nSPS) is 11.5. The summed E-state index contributed by atoms with van der Waals surface area (Å²) in [6, 6.07) is 3.77. The highest BCUT2D eigenvalue weighted by molar-refractivity contribution is 7.90. The lowest BCUT2D eigenvalue weighted by Gasteiger charge is -2.07. The summed E-state index contributed by atoms with van der Waals surface area (Å²) < 4.78 is 27.3. The van der Waals surface area contributed by atoms with E-state index in [0.29, 0.717) is 18.8 Å². The van der Waals surface area contributed by atoms with Crippen LogP contribution < -0.4 is 10.1 Å². The minimum atomic E-state index is -2.90. The zero-order chi connectivity index (χ0) is 14.1. The van der Waals surface area contributed by atoms with Crippen LogP contribution in [-0.4, -0.2) is 38.6 Å². The minimum Gasteiger partial charge on any atom is -0.492 e. The van der Waals surface area contributed by atoms with Gasteiger partial charge in [0.1, 0.15) is 15.6 Å². The van der Waals surface area contributed by atoms with Gasteiger partial charge >= 0.3 is 0 Å². The predicted octanol–water partition coefficient (Wildman–Crippen LogP) is 1.39. The monoisotopic (exact) mass is 286 g/mol. The number of sulfone groups is 1. The van der Waals surface area contributed by atoms with Crippen molar-refractivity contribution in [2.24, 2.45) is 0 Å². The fraction of sp³-hybridized carbons (Fsp3) is 0.615. The van der Waals surface area contributed by atoms with Crippen LogP contribution in [0.1, 0.15) is 25.5 Å². The second-order valence-corrected chi connectivity index (χ2v) is 6.75. The maximum atomic E-state index is 10.9. The van der Waals surface area contributed by atoms with Crippen molar-refractivity contribution < 1.29 is 13.2 Å². The summed E-state index contributed by atoms with van der Waals surface area (Å²) in [7, 11) is -2.90. The van der Waals surface area contributed by atoms with Crippen molar-refractivity contribution in [3.8, 4) is 5.75 Å². The third-order valence-electron chi connectivity index (χ3n) is 2.46. The Labute approximate surface area is 115 Å². The van der Waals surface area contributed by atoms with Gasteiger partial charge in [-0.15, -0.1) is 0 Å². The van der Waals surface area contributed by atoms with Crippen LogP contribution in [0.3, 0.4) is 0 Å². The van der Waals surface area contributed by atoms with Gasteiger partial charge in [-0.05, 0) is 31.5 Å². The highest BCUT2D eigenvalue weighted by atomic mass is 32.2. The van der Waals surface area contributed by atoms with Crippen molar-refractivity contribution in [1.29, 1.82) is 0 Å². The quantitative estimate of drug-likeness (QED) is 0.695. The van der Waals surface area contributed by atoms with Gasteiger partial charge in [0.2, 0.25) is 0 Å². The molecule has 0 unspecified atom stereocenters. The molecule has 0 aliphatic rings. The van der Waals surface area contributed by atoms with Gasteiger partial charge in [0.15, 0.2) is 0 Å². The van der Waals surface area contributed by atoms with Crippen LogP contribution in [0.15, 0.2) is 18.3 Å². The van der Waals surface area contributed by atoms with Crippen LogP contribution in [-0.2, 0) is 16.4 Å². The molecule has 5 nitrogen and oxygen atoms in total. The Morgan fingerprint density at radius 2 is 2.16 bits per heavy atom. The Kier molecular flexibility index (Phi) is 6.80. The molecule has 0 amide bonds. The van der Waals surface area contributed by atoms with Crippen LogP contribution in [0.25, 0.3) is 0 Å². The first-order chi connectivity index (χ1) is 9.01. The molecule has 108 valence electrons. The Morgan fingerprint density at radius 1 is 1.37 bits per heavy atom. The first-order valence-electron chi connectivity index (χ1n) is 6.47. The van der Waals surface area contributed by atoms with E-state index in [1.54, 1.807) is 6.20 Å². The van der Waals surface area contributed by atoms with E-state index in [2.05, 4.69) is 17.2 Å². The van der Waals surface area contributed by atoms with Crippen molar-refractivity contribution in [3.05, 3.63) is 24.0 Å². The zero-order valence-corrected chi connectivity index (χ0v) is 12.4. The highest BCUT2D eigenvalue weighted by Gasteiger charge is 2.02. The van der Waals surface area contributed by atoms with Gasteiger partial charge in [-0.3, -0.25) is 4.98 Å². The van der Waals surface area contributed by atoms with Crippen molar-refractivity contribution in [3.63, 3.8) is 0 Å². The Hall–Kier alpha value is -1.14. The molecular formula is C13H22N2O3S. The van der Waals surface area contributed by atoms with E-state index in [4.69, 9.17) is 4.74 Å². The number of nitrogens with zero attached hydrogens (tertiary/aromatic N) is 1. The molecule has 0 aliphatic carbocycles. The van der Waals surface area contributed by atoms with Crippen LogP contribution in [0.2, 0.25) is 0 Å². The standard InChI is InChI=1S/C13H22N2O3S/c1-3-7-14-10-12-5-6-13(11-15-12)18-8-4-9-19(2,16)17/h5-6,11,14H,3-4,7-10H2,1-2H3. The number of hydrogen-bond donors (Lipinski definition) is 1. The predicted molar refractivity (Wildman–Crippen MR) is 76.1 cm³/mol. The molecule has 0 atom stereocenters. The molecule has 0 saturated heterocycles. The molecule has 19 heavy (non-hydrogen) atoms. The van der Waals surface area contributed by atoms with Gasteiger partial charge in [0.25, 0.3) is 0 Å². The van der Waals surface area contributed by atoms with E-state index in [0.717, 1.165) is 25.2 Å². The van der Waals surface area contributed by atoms with E-state index in [1.807, 2.05) is 12.1 Å². The summed E-state index contributed by atoms with van der Waals surface area (Å²) >= 11 is 0. The lowest BCUT2D eigenvalue weighted by atomic mass is 10.3. The number of ether oxygens (including phenoxy) is 1. The Balaban J connectivity index is 2.28.